The molecule has 1 saturated heterocycles. The second kappa shape index (κ2) is 14.0. The highest BCUT2D eigenvalue weighted by atomic mass is 16.7. The first-order valence-corrected chi connectivity index (χ1v) is 16.2. The molecule has 0 aromatic rings. The Labute approximate surface area is 271 Å². The largest absolute Gasteiger partial charge is 0.465 e. The maximum absolute atomic E-state index is 12.1. The fraction of sp³-hybridized carbons (Fsp3) is 0.794. The van der Waals surface area contributed by atoms with E-state index in [4.69, 9.17) is 23.7 Å². The lowest BCUT2D eigenvalue weighted by Gasteiger charge is -2.47. The van der Waals surface area contributed by atoms with Gasteiger partial charge in [-0.15, -0.1) is 6.58 Å². The van der Waals surface area contributed by atoms with Crippen molar-refractivity contribution in [2.75, 3.05) is 26.9 Å². The van der Waals surface area contributed by atoms with Crippen LogP contribution in [0.3, 0.4) is 0 Å². The molecular formula is C34H54O12. The standard InChI is InChI=1S/C34H54O12/c1-9-32(5,6)44-15-23-27(38)28(39)29(40)31(45-23)46-30-25-21(17(2)14-43-19(4)35)12-24(36)33(25,7)13-22-20(18(3)26(30)37)10-11-34(22,41)16-42-8/h9,13,17-18,20,23-24,26-31,36-41H,1,10-12,14-16H2,2-8H3/b22-13+/t17-,18-,20+,23-,24+,26-,27-,28+,29-,30-,31-,33+,34+/m1/s1. The zero-order valence-electron chi connectivity index (χ0n) is 28.1. The first kappa shape index (κ1) is 37.1. The first-order chi connectivity index (χ1) is 21.4. The fourth-order valence-electron chi connectivity index (χ4n) is 7.57. The number of aliphatic hydroxyl groups excluding tert-OH is 5. The van der Waals surface area contributed by atoms with E-state index in [1.807, 2.05) is 26.8 Å². The zero-order chi connectivity index (χ0) is 34.4. The quantitative estimate of drug-likeness (QED) is 0.138. The van der Waals surface area contributed by atoms with E-state index in [2.05, 4.69) is 6.58 Å². The predicted molar refractivity (Wildman–Crippen MR) is 166 cm³/mol. The van der Waals surface area contributed by atoms with Gasteiger partial charge in [0.05, 0.1) is 37.6 Å². The van der Waals surface area contributed by atoms with Crippen LogP contribution in [0.2, 0.25) is 0 Å². The van der Waals surface area contributed by atoms with E-state index in [1.54, 1.807) is 19.9 Å². The molecule has 3 aliphatic carbocycles. The normalized spacial score (nSPS) is 43.2. The zero-order valence-corrected chi connectivity index (χ0v) is 28.1. The van der Waals surface area contributed by atoms with Crippen molar-refractivity contribution in [2.45, 2.75) is 121 Å². The molecule has 12 nitrogen and oxygen atoms in total. The molecule has 1 saturated carbocycles. The molecule has 0 aromatic carbocycles. The SMILES string of the molecule is C=CC(C)(C)OC[C@H]1O[C@H](O[C@@H]2C3=C([C@H](C)COC(C)=O)C[C@H](O)[C@]3(C)/C=C3\[C@@H](CC[C@]3(O)COC)[C@@H](C)[C@H]2O)[C@H](O)[C@@H](O)[C@@H]1O. The lowest BCUT2D eigenvalue weighted by molar-refractivity contribution is -0.319. The van der Waals surface area contributed by atoms with Crippen LogP contribution in [0.25, 0.3) is 0 Å². The Morgan fingerprint density at radius 1 is 1.17 bits per heavy atom. The van der Waals surface area contributed by atoms with Gasteiger partial charge in [-0.1, -0.05) is 31.6 Å². The Hall–Kier alpha value is -1.71. The fourth-order valence-corrected chi connectivity index (χ4v) is 7.57. The van der Waals surface area contributed by atoms with Gasteiger partial charge < -0.3 is 54.3 Å². The minimum absolute atomic E-state index is 0.0219. The van der Waals surface area contributed by atoms with Crippen LogP contribution in [0.15, 0.2) is 35.5 Å². The summed E-state index contributed by atoms with van der Waals surface area (Å²) in [6, 6.07) is 0. The summed E-state index contributed by atoms with van der Waals surface area (Å²) in [5, 5.41) is 68.3. The van der Waals surface area contributed by atoms with E-state index < -0.39 is 77.5 Å². The van der Waals surface area contributed by atoms with Gasteiger partial charge in [0.2, 0.25) is 0 Å². The number of hydrogen-bond acceptors (Lipinski definition) is 12. The molecule has 0 unspecified atom stereocenters. The van der Waals surface area contributed by atoms with Crippen molar-refractivity contribution in [3.63, 3.8) is 0 Å². The minimum Gasteiger partial charge on any atom is -0.465 e. The van der Waals surface area contributed by atoms with E-state index in [9.17, 15) is 35.4 Å². The van der Waals surface area contributed by atoms with Crippen molar-refractivity contribution in [1.29, 1.82) is 0 Å². The molecule has 0 aromatic heterocycles. The summed E-state index contributed by atoms with van der Waals surface area (Å²) in [6.07, 6.45) is -6.17. The van der Waals surface area contributed by atoms with Gasteiger partial charge in [0, 0.05) is 25.4 Å². The Kier molecular flexibility index (Phi) is 11.3. The Balaban J connectivity index is 1.81. The number of methoxy groups -OCH3 is 1. The van der Waals surface area contributed by atoms with Gasteiger partial charge >= 0.3 is 5.97 Å². The molecule has 4 rings (SSSR count). The summed E-state index contributed by atoms with van der Waals surface area (Å²) < 4.78 is 29.1. The van der Waals surface area contributed by atoms with Gasteiger partial charge in [0.1, 0.15) is 36.1 Å². The summed E-state index contributed by atoms with van der Waals surface area (Å²) in [4.78, 5) is 11.7. The highest BCUT2D eigenvalue weighted by Gasteiger charge is 2.57. The monoisotopic (exact) mass is 654 g/mol. The summed E-state index contributed by atoms with van der Waals surface area (Å²) in [7, 11) is 1.51. The third-order valence-electron chi connectivity index (χ3n) is 10.6. The number of hydrogen-bond donors (Lipinski definition) is 6. The molecule has 0 radical (unpaired) electrons. The Morgan fingerprint density at radius 2 is 1.85 bits per heavy atom. The van der Waals surface area contributed by atoms with E-state index in [0.717, 1.165) is 0 Å². The highest BCUT2D eigenvalue weighted by molar-refractivity contribution is 5.66. The second-order valence-corrected chi connectivity index (χ2v) is 14.4. The maximum atomic E-state index is 12.1. The Morgan fingerprint density at radius 3 is 2.46 bits per heavy atom. The third kappa shape index (κ3) is 7.03. The van der Waals surface area contributed by atoms with Crippen molar-refractivity contribution in [2.24, 2.45) is 23.2 Å². The maximum Gasteiger partial charge on any atom is 0.302 e. The molecule has 262 valence electrons. The highest BCUT2D eigenvalue weighted by Crippen LogP contribution is 2.56. The van der Waals surface area contributed by atoms with Crippen LogP contribution in [-0.2, 0) is 28.5 Å². The third-order valence-corrected chi connectivity index (χ3v) is 10.6. The number of aliphatic hydroxyl groups is 6. The number of ether oxygens (including phenoxy) is 5. The van der Waals surface area contributed by atoms with Crippen LogP contribution >= 0.6 is 0 Å². The van der Waals surface area contributed by atoms with Crippen molar-refractivity contribution in [1.82, 2.24) is 0 Å². The first-order valence-electron chi connectivity index (χ1n) is 16.2. The van der Waals surface area contributed by atoms with Crippen molar-refractivity contribution >= 4 is 5.97 Å². The van der Waals surface area contributed by atoms with Crippen molar-refractivity contribution < 1.29 is 59.1 Å². The van der Waals surface area contributed by atoms with Gasteiger partial charge in [-0.2, -0.15) is 0 Å². The molecule has 1 aliphatic heterocycles. The van der Waals surface area contributed by atoms with E-state index in [1.165, 1.54) is 14.0 Å². The van der Waals surface area contributed by atoms with Crippen LogP contribution in [0.4, 0.5) is 0 Å². The Bertz CT molecular complexity index is 1180. The molecule has 13 atom stereocenters. The van der Waals surface area contributed by atoms with Crippen molar-refractivity contribution in [3.8, 4) is 0 Å². The predicted octanol–water partition coefficient (Wildman–Crippen LogP) is 1.15. The minimum atomic E-state index is -1.68. The van der Waals surface area contributed by atoms with Gasteiger partial charge in [-0.05, 0) is 63.0 Å². The van der Waals surface area contributed by atoms with Gasteiger partial charge in [0.25, 0.3) is 0 Å². The second-order valence-electron chi connectivity index (χ2n) is 14.4. The summed E-state index contributed by atoms with van der Waals surface area (Å²) >= 11 is 0. The van der Waals surface area contributed by atoms with Crippen LogP contribution in [0.1, 0.15) is 60.8 Å². The van der Waals surface area contributed by atoms with Crippen LogP contribution in [-0.4, -0.2) is 124 Å². The van der Waals surface area contributed by atoms with E-state index >= 15 is 0 Å². The lowest BCUT2D eigenvalue weighted by Crippen LogP contribution is -2.61. The number of fused-ring (bicyclic) bond motifs is 2. The molecular weight excluding hydrogens is 600 g/mol. The van der Waals surface area contributed by atoms with Gasteiger partial charge in [-0.25, -0.2) is 0 Å². The smallest absolute Gasteiger partial charge is 0.302 e. The molecule has 6 N–H and O–H groups in total. The molecule has 0 bridgehead atoms. The number of esters is 1. The van der Waals surface area contributed by atoms with Crippen LogP contribution in [0, 0.1) is 23.2 Å². The molecule has 12 heteroatoms. The summed E-state index contributed by atoms with van der Waals surface area (Å²) in [5.74, 6) is -1.59. The summed E-state index contributed by atoms with van der Waals surface area (Å²) in [6.45, 7) is 14.1. The number of rotatable bonds is 11. The number of carbonyl (C=O) groups excluding carboxylic acids is 1. The van der Waals surface area contributed by atoms with E-state index in [-0.39, 0.29) is 38.1 Å². The summed E-state index contributed by atoms with van der Waals surface area (Å²) in [5.41, 5.74) is -1.30. The molecule has 0 amide bonds. The average molecular weight is 655 g/mol. The molecule has 2 fully saturated rings. The molecule has 46 heavy (non-hydrogen) atoms. The van der Waals surface area contributed by atoms with Gasteiger partial charge in [-0.3, -0.25) is 4.79 Å². The molecule has 0 spiro atoms. The average Bonchev–Trinajstić information content (AvgIpc) is 3.44. The topological polar surface area (TPSA) is 185 Å². The van der Waals surface area contributed by atoms with Gasteiger partial charge in [0.15, 0.2) is 6.29 Å². The molecule has 4 aliphatic rings. The van der Waals surface area contributed by atoms with Crippen LogP contribution in [0.5, 0.6) is 0 Å². The molecule has 1 heterocycles. The van der Waals surface area contributed by atoms with E-state index in [0.29, 0.717) is 29.6 Å². The number of carbonyl (C=O) groups is 1. The van der Waals surface area contributed by atoms with Crippen LogP contribution < -0.4 is 0 Å². The lowest BCUT2D eigenvalue weighted by atomic mass is 9.67. The van der Waals surface area contributed by atoms with Crippen molar-refractivity contribution in [3.05, 3.63) is 35.5 Å².